The molecule has 0 aliphatic rings. The Kier molecular flexibility index (Phi) is 4.74. The van der Waals surface area contributed by atoms with Gasteiger partial charge in [0.25, 0.3) is 0 Å². The molecule has 0 radical (unpaired) electrons. The summed E-state index contributed by atoms with van der Waals surface area (Å²) in [7, 11) is 1.55. The molecule has 0 saturated heterocycles. The van der Waals surface area contributed by atoms with Gasteiger partial charge in [-0.15, -0.1) is 5.10 Å². The molecule has 0 unspecified atom stereocenters. The van der Waals surface area contributed by atoms with Crippen LogP contribution in [0.2, 0.25) is 0 Å². The van der Waals surface area contributed by atoms with Crippen LogP contribution in [0.25, 0.3) is 11.5 Å². The first-order chi connectivity index (χ1) is 13.5. The van der Waals surface area contributed by atoms with E-state index in [4.69, 9.17) is 4.74 Å². The Bertz CT molecular complexity index is 1180. The van der Waals surface area contributed by atoms with Crippen molar-refractivity contribution in [3.63, 3.8) is 0 Å². The topological polar surface area (TPSA) is 106 Å². The van der Waals surface area contributed by atoms with E-state index in [1.807, 2.05) is 19.1 Å². The maximum absolute atomic E-state index is 12.2. The van der Waals surface area contributed by atoms with Crippen molar-refractivity contribution in [1.82, 2.24) is 39.5 Å². The van der Waals surface area contributed by atoms with Crippen molar-refractivity contribution in [1.29, 1.82) is 0 Å². The molecule has 4 rings (SSSR count). The molecule has 0 saturated carbocycles. The van der Waals surface area contributed by atoms with Gasteiger partial charge in [-0.25, -0.2) is 19.4 Å². The molecule has 1 aromatic carbocycles. The largest absolute Gasteiger partial charge is 0.472 e. The standard InChI is InChI=1S/C17H15BrN8O2/c1-11-4-3-5-13(26-17(27)24(2)22-23-26)12(11)10-28-16-6-7-25(21-16)15-9-19-14(18)8-20-15/h3-9H,10H2,1-2H3. The lowest BCUT2D eigenvalue weighted by Crippen LogP contribution is -2.23. The van der Waals surface area contributed by atoms with Crippen LogP contribution in [0.4, 0.5) is 0 Å². The lowest BCUT2D eigenvalue weighted by molar-refractivity contribution is 0.290. The average molecular weight is 443 g/mol. The third-order valence-corrected chi connectivity index (χ3v) is 4.52. The number of aryl methyl sites for hydroxylation is 2. The SMILES string of the molecule is Cc1cccc(-n2nnn(C)c2=O)c1COc1ccn(-c2cnc(Br)cn2)n1. The third kappa shape index (κ3) is 3.43. The smallest absolute Gasteiger partial charge is 0.368 e. The van der Waals surface area contributed by atoms with Gasteiger partial charge in [-0.1, -0.05) is 12.1 Å². The maximum Gasteiger partial charge on any atom is 0.368 e. The molecule has 0 atom stereocenters. The van der Waals surface area contributed by atoms with Crippen molar-refractivity contribution in [2.75, 3.05) is 0 Å². The summed E-state index contributed by atoms with van der Waals surface area (Å²) in [5, 5.41) is 12.0. The van der Waals surface area contributed by atoms with Crippen LogP contribution in [0.5, 0.6) is 5.88 Å². The molecule has 0 amide bonds. The summed E-state index contributed by atoms with van der Waals surface area (Å²) < 4.78 is 10.5. The van der Waals surface area contributed by atoms with Crippen molar-refractivity contribution < 1.29 is 4.74 Å². The minimum absolute atomic E-state index is 0.216. The summed E-state index contributed by atoms with van der Waals surface area (Å²) in [6.07, 6.45) is 4.93. The number of hydrogen-bond acceptors (Lipinski definition) is 7. The van der Waals surface area contributed by atoms with Crippen LogP contribution < -0.4 is 10.4 Å². The molecule has 0 spiro atoms. The van der Waals surface area contributed by atoms with Gasteiger partial charge in [0, 0.05) is 24.9 Å². The van der Waals surface area contributed by atoms with Gasteiger partial charge in [-0.2, -0.15) is 9.36 Å². The number of hydrogen-bond donors (Lipinski definition) is 0. The Morgan fingerprint density at radius 2 is 2.00 bits per heavy atom. The highest BCUT2D eigenvalue weighted by molar-refractivity contribution is 9.10. The molecule has 28 heavy (non-hydrogen) atoms. The number of rotatable bonds is 5. The van der Waals surface area contributed by atoms with Crippen LogP contribution in [0.15, 0.2) is 52.3 Å². The molecule has 3 aromatic heterocycles. The van der Waals surface area contributed by atoms with E-state index < -0.39 is 0 Å². The Hall–Kier alpha value is -3.34. The molecular weight excluding hydrogens is 428 g/mol. The van der Waals surface area contributed by atoms with Gasteiger partial charge >= 0.3 is 5.69 Å². The number of tetrazole rings is 1. The quantitative estimate of drug-likeness (QED) is 0.461. The molecule has 11 heteroatoms. The zero-order valence-corrected chi connectivity index (χ0v) is 16.6. The number of nitrogens with zero attached hydrogens (tertiary/aromatic N) is 8. The number of aromatic nitrogens is 8. The molecule has 0 N–H and O–H groups in total. The Morgan fingerprint density at radius 3 is 2.71 bits per heavy atom. The lowest BCUT2D eigenvalue weighted by atomic mass is 10.1. The Balaban J connectivity index is 1.58. The molecule has 0 aliphatic heterocycles. The average Bonchev–Trinajstić information content (AvgIpc) is 3.29. The van der Waals surface area contributed by atoms with E-state index in [0.29, 0.717) is 22.0 Å². The van der Waals surface area contributed by atoms with Crippen LogP contribution >= 0.6 is 15.9 Å². The highest BCUT2D eigenvalue weighted by Gasteiger charge is 2.14. The van der Waals surface area contributed by atoms with E-state index in [2.05, 4.69) is 41.4 Å². The van der Waals surface area contributed by atoms with E-state index >= 15 is 0 Å². The lowest BCUT2D eigenvalue weighted by Gasteiger charge is -2.11. The molecule has 0 fully saturated rings. The van der Waals surface area contributed by atoms with Gasteiger partial charge < -0.3 is 4.74 Å². The molecule has 3 heterocycles. The first-order valence-electron chi connectivity index (χ1n) is 8.27. The minimum atomic E-state index is -0.329. The fourth-order valence-corrected chi connectivity index (χ4v) is 2.82. The zero-order valence-electron chi connectivity index (χ0n) is 15.0. The fourth-order valence-electron chi connectivity index (χ4n) is 2.62. The second-order valence-electron chi connectivity index (χ2n) is 5.95. The van der Waals surface area contributed by atoms with Crippen LogP contribution in [0.1, 0.15) is 11.1 Å². The number of halogens is 1. The summed E-state index contributed by atoms with van der Waals surface area (Å²) in [4.78, 5) is 20.6. The summed E-state index contributed by atoms with van der Waals surface area (Å²) in [5.41, 5.74) is 2.08. The Labute approximate surface area is 167 Å². The first-order valence-corrected chi connectivity index (χ1v) is 9.06. The van der Waals surface area contributed by atoms with Crippen LogP contribution in [0, 0.1) is 6.92 Å². The summed E-state index contributed by atoms with van der Waals surface area (Å²) in [6.45, 7) is 2.16. The van der Waals surface area contributed by atoms with Gasteiger partial charge in [0.05, 0.1) is 18.1 Å². The van der Waals surface area contributed by atoms with Crippen LogP contribution in [0.3, 0.4) is 0 Å². The second kappa shape index (κ2) is 7.35. The predicted molar refractivity (Wildman–Crippen MR) is 103 cm³/mol. The second-order valence-corrected chi connectivity index (χ2v) is 6.77. The van der Waals surface area contributed by atoms with Gasteiger partial charge in [0.2, 0.25) is 5.88 Å². The molecule has 10 nitrogen and oxygen atoms in total. The van der Waals surface area contributed by atoms with Crippen molar-refractivity contribution in [2.45, 2.75) is 13.5 Å². The van der Waals surface area contributed by atoms with Crippen molar-refractivity contribution in [3.05, 3.63) is 69.1 Å². The van der Waals surface area contributed by atoms with Crippen molar-refractivity contribution in [3.8, 4) is 17.4 Å². The van der Waals surface area contributed by atoms with E-state index in [1.165, 1.54) is 9.36 Å². The summed E-state index contributed by atoms with van der Waals surface area (Å²) in [6, 6.07) is 7.34. The predicted octanol–water partition coefficient (Wildman–Crippen LogP) is 1.59. The van der Waals surface area contributed by atoms with E-state index in [9.17, 15) is 4.79 Å². The van der Waals surface area contributed by atoms with Gasteiger partial charge in [0.1, 0.15) is 11.2 Å². The highest BCUT2D eigenvalue weighted by Crippen LogP contribution is 2.19. The molecule has 4 aromatic rings. The number of ether oxygens (including phenoxy) is 1. The van der Waals surface area contributed by atoms with E-state index in [0.717, 1.165) is 11.1 Å². The normalized spacial score (nSPS) is 11.0. The third-order valence-electron chi connectivity index (χ3n) is 4.11. The molecule has 0 aliphatic carbocycles. The van der Waals surface area contributed by atoms with Gasteiger partial charge in [-0.3, -0.25) is 0 Å². The van der Waals surface area contributed by atoms with E-state index in [1.54, 1.807) is 42.5 Å². The van der Waals surface area contributed by atoms with Crippen LogP contribution in [-0.2, 0) is 13.7 Å². The summed E-state index contributed by atoms with van der Waals surface area (Å²) >= 11 is 3.25. The highest BCUT2D eigenvalue weighted by atomic mass is 79.9. The number of benzene rings is 1. The van der Waals surface area contributed by atoms with Crippen molar-refractivity contribution in [2.24, 2.45) is 7.05 Å². The van der Waals surface area contributed by atoms with E-state index in [-0.39, 0.29) is 12.3 Å². The van der Waals surface area contributed by atoms with Crippen LogP contribution in [-0.4, -0.2) is 39.5 Å². The first kappa shape index (κ1) is 18.0. The molecular formula is C17H15BrN8O2. The summed E-state index contributed by atoms with van der Waals surface area (Å²) in [5.74, 6) is 0.992. The zero-order chi connectivity index (χ0) is 19.7. The Morgan fingerprint density at radius 1 is 1.14 bits per heavy atom. The maximum atomic E-state index is 12.2. The van der Waals surface area contributed by atoms with Gasteiger partial charge in [-0.05, 0) is 44.9 Å². The monoisotopic (exact) mass is 442 g/mol. The minimum Gasteiger partial charge on any atom is -0.472 e. The van der Waals surface area contributed by atoms with Gasteiger partial charge in [0.15, 0.2) is 5.82 Å². The molecule has 0 bridgehead atoms. The fraction of sp³-hybridized carbons (Fsp3) is 0.176. The molecule has 142 valence electrons. The van der Waals surface area contributed by atoms with Crippen molar-refractivity contribution >= 4 is 15.9 Å².